The van der Waals surface area contributed by atoms with Crippen LogP contribution in [0.2, 0.25) is 0 Å². The molecule has 0 bridgehead atoms. The van der Waals surface area contributed by atoms with Gasteiger partial charge in [-0.25, -0.2) is 0 Å². The second kappa shape index (κ2) is 6.66. The fourth-order valence-electron chi connectivity index (χ4n) is 1.01. The lowest BCUT2D eigenvalue weighted by atomic mass is 10.0. The highest BCUT2D eigenvalue weighted by Gasteiger charge is 2.13. The van der Waals surface area contributed by atoms with E-state index in [-0.39, 0.29) is 11.9 Å². The maximum Gasteiger partial charge on any atom is 0.220 e. The first-order chi connectivity index (χ1) is 6.11. The molecule has 13 heavy (non-hydrogen) atoms. The van der Waals surface area contributed by atoms with E-state index in [2.05, 4.69) is 11.9 Å². The van der Waals surface area contributed by atoms with Gasteiger partial charge in [-0.2, -0.15) is 0 Å². The van der Waals surface area contributed by atoms with Crippen LogP contribution in [0.1, 0.15) is 26.7 Å². The number of carbonyl (C=O) groups is 1. The van der Waals surface area contributed by atoms with Crippen LogP contribution in [0.4, 0.5) is 0 Å². The second-order valence-corrected chi connectivity index (χ2v) is 3.48. The maximum absolute atomic E-state index is 11.3. The molecule has 1 unspecified atom stereocenters. The zero-order chi connectivity index (χ0) is 10.3. The average Bonchev–Trinajstić information content (AvgIpc) is 2.10. The molecule has 3 heteroatoms. The van der Waals surface area contributed by atoms with Gasteiger partial charge in [-0.05, 0) is 12.3 Å². The fraction of sp³-hybridized carbons (Fsp3) is 0.700. The van der Waals surface area contributed by atoms with Gasteiger partial charge in [-0.15, -0.1) is 6.58 Å². The SMILES string of the molecule is C=CCCC(=O)NC(CN)C(C)C. The number of carbonyl (C=O) groups excluding carboxylic acids is 1. The van der Waals surface area contributed by atoms with Crippen molar-refractivity contribution in [3.8, 4) is 0 Å². The summed E-state index contributed by atoms with van der Waals surface area (Å²) in [7, 11) is 0. The summed E-state index contributed by atoms with van der Waals surface area (Å²) < 4.78 is 0. The zero-order valence-electron chi connectivity index (χ0n) is 8.55. The van der Waals surface area contributed by atoms with Crippen molar-refractivity contribution in [1.29, 1.82) is 0 Å². The van der Waals surface area contributed by atoms with Crippen molar-refractivity contribution < 1.29 is 4.79 Å². The van der Waals surface area contributed by atoms with Gasteiger partial charge in [0.1, 0.15) is 0 Å². The number of allylic oxidation sites excluding steroid dienone is 1. The van der Waals surface area contributed by atoms with Crippen LogP contribution in [0.3, 0.4) is 0 Å². The first kappa shape index (κ1) is 12.2. The molecule has 0 aliphatic heterocycles. The summed E-state index contributed by atoms with van der Waals surface area (Å²) in [6.45, 7) is 8.15. The van der Waals surface area contributed by atoms with Crippen LogP contribution in [0, 0.1) is 5.92 Å². The lowest BCUT2D eigenvalue weighted by Gasteiger charge is -2.20. The Morgan fingerprint density at radius 2 is 2.23 bits per heavy atom. The summed E-state index contributed by atoms with van der Waals surface area (Å²) >= 11 is 0. The number of hydrogen-bond acceptors (Lipinski definition) is 2. The molecule has 0 radical (unpaired) electrons. The van der Waals surface area contributed by atoms with Gasteiger partial charge < -0.3 is 11.1 Å². The molecule has 0 aliphatic carbocycles. The van der Waals surface area contributed by atoms with Crippen LogP contribution in [0.15, 0.2) is 12.7 Å². The summed E-state index contributed by atoms with van der Waals surface area (Å²) in [5.74, 6) is 0.446. The van der Waals surface area contributed by atoms with Crippen molar-refractivity contribution in [3.63, 3.8) is 0 Å². The van der Waals surface area contributed by atoms with Gasteiger partial charge in [0.15, 0.2) is 0 Å². The Kier molecular flexibility index (Phi) is 6.24. The first-order valence-electron chi connectivity index (χ1n) is 4.72. The van der Waals surface area contributed by atoms with Gasteiger partial charge in [0.25, 0.3) is 0 Å². The molecule has 0 rings (SSSR count). The average molecular weight is 184 g/mol. The highest BCUT2D eigenvalue weighted by molar-refractivity contribution is 5.76. The largest absolute Gasteiger partial charge is 0.352 e. The van der Waals surface area contributed by atoms with Crippen LogP contribution >= 0.6 is 0 Å². The monoisotopic (exact) mass is 184 g/mol. The van der Waals surface area contributed by atoms with E-state index < -0.39 is 0 Å². The van der Waals surface area contributed by atoms with E-state index in [1.54, 1.807) is 6.08 Å². The molecule has 0 fully saturated rings. The van der Waals surface area contributed by atoms with Crippen LogP contribution in [0.25, 0.3) is 0 Å². The summed E-state index contributed by atoms with van der Waals surface area (Å²) in [6.07, 6.45) is 2.97. The third kappa shape index (κ3) is 5.42. The molecule has 76 valence electrons. The lowest BCUT2D eigenvalue weighted by molar-refractivity contribution is -0.121. The summed E-state index contributed by atoms with van der Waals surface area (Å²) in [5, 5.41) is 2.89. The van der Waals surface area contributed by atoms with Gasteiger partial charge in [-0.3, -0.25) is 4.79 Å². The van der Waals surface area contributed by atoms with Crippen LogP contribution in [-0.2, 0) is 4.79 Å². The third-order valence-corrected chi connectivity index (χ3v) is 1.98. The highest BCUT2D eigenvalue weighted by atomic mass is 16.1. The minimum Gasteiger partial charge on any atom is -0.352 e. The molecule has 0 spiro atoms. The van der Waals surface area contributed by atoms with Crippen molar-refractivity contribution in [3.05, 3.63) is 12.7 Å². The van der Waals surface area contributed by atoms with Gasteiger partial charge in [0, 0.05) is 19.0 Å². The molecule has 0 saturated heterocycles. The van der Waals surface area contributed by atoms with Crippen molar-refractivity contribution in [1.82, 2.24) is 5.32 Å². The third-order valence-electron chi connectivity index (χ3n) is 1.98. The van der Waals surface area contributed by atoms with E-state index in [1.165, 1.54) is 0 Å². The number of nitrogens with one attached hydrogen (secondary N) is 1. The Bertz CT molecular complexity index is 166. The highest BCUT2D eigenvalue weighted by Crippen LogP contribution is 2.00. The Balaban J connectivity index is 3.79. The van der Waals surface area contributed by atoms with Gasteiger partial charge in [0.05, 0.1) is 0 Å². The van der Waals surface area contributed by atoms with E-state index in [4.69, 9.17) is 5.73 Å². The van der Waals surface area contributed by atoms with Crippen LogP contribution in [-0.4, -0.2) is 18.5 Å². The van der Waals surface area contributed by atoms with E-state index in [0.717, 1.165) is 6.42 Å². The van der Waals surface area contributed by atoms with E-state index >= 15 is 0 Å². The Morgan fingerprint density at radius 3 is 2.62 bits per heavy atom. The first-order valence-corrected chi connectivity index (χ1v) is 4.72. The maximum atomic E-state index is 11.3. The van der Waals surface area contributed by atoms with Gasteiger partial charge in [0.2, 0.25) is 5.91 Å². The molecule has 0 saturated carbocycles. The number of rotatable bonds is 6. The number of nitrogens with two attached hydrogens (primary N) is 1. The van der Waals surface area contributed by atoms with E-state index in [1.807, 2.05) is 13.8 Å². The quantitative estimate of drug-likeness (QED) is 0.606. The second-order valence-electron chi connectivity index (χ2n) is 3.48. The normalized spacial score (nSPS) is 12.6. The predicted molar refractivity (Wildman–Crippen MR) is 55.3 cm³/mol. The molecular weight excluding hydrogens is 164 g/mol. The summed E-state index contributed by atoms with van der Waals surface area (Å²) in [6, 6.07) is 0.0947. The number of hydrogen-bond donors (Lipinski definition) is 2. The standard InChI is InChI=1S/C10H20N2O/c1-4-5-6-10(13)12-9(7-11)8(2)3/h4,8-9H,1,5-7,11H2,2-3H3,(H,12,13). The van der Waals surface area contributed by atoms with Crippen molar-refractivity contribution in [2.24, 2.45) is 11.7 Å². The molecule has 0 aromatic rings. The van der Waals surface area contributed by atoms with Gasteiger partial charge >= 0.3 is 0 Å². The molecule has 0 heterocycles. The van der Waals surface area contributed by atoms with Crippen LogP contribution in [0.5, 0.6) is 0 Å². The molecule has 0 aliphatic rings. The zero-order valence-corrected chi connectivity index (χ0v) is 8.55. The molecule has 3 nitrogen and oxygen atoms in total. The van der Waals surface area contributed by atoms with Crippen molar-refractivity contribution in [2.45, 2.75) is 32.7 Å². The number of amides is 1. The molecule has 1 amide bonds. The fourth-order valence-corrected chi connectivity index (χ4v) is 1.01. The Hall–Kier alpha value is -0.830. The van der Waals surface area contributed by atoms with Crippen molar-refractivity contribution >= 4 is 5.91 Å². The van der Waals surface area contributed by atoms with E-state index in [0.29, 0.717) is 18.9 Å². The minimum atomic E-state index is 0.0593. The summed E-state index contributed by atoms with van der Waals surface area (Å²) in [5.41, 5.74) is 5.52. The summed E-state index contributed by atoms with van der Waals surface area (Å²) in [4.78, 5) is 11.3. The Labute approximate surface area is 80.4 Å². The smallest absolute Gasteiger partial charge is 0.220 e. The molecule has 1 atom stereocenters. The minimum absolute atomic E-state index is 0.0593. The van der Waals surface area contributed by atoms with E-state index in [9.17, 15) is 4.79 Å². The Morgan fingerprint density at radius 1 is 1.62 bits per heavy atom. The van der Waals surface area contributed by atoms with Gasteiger partial charge in [-0.1, -0.05) is 19.9 Å². The molecular formula is C10H20N2O. The van der Waals surface area contributed by atoms with Crippen LogP contribution < -0.4 is 11.1 Å². The topological polar surface area (TPSA) is 55.1 Å². The lowest BCUT2D eigenvalue weighted by Crippen LogP contribution is -2.43. The van der Waals surface area contributed by atoms with Crippen molar-refractivity contribution in [2.75, 3.05) is 6.54 Å². The molecule has 0 aromatic heterocycles. The predicted octanol–water partition coefficient (Wildman–Crippen LogP) is 1.05. The molecule has 3 N–H and O–H groups in total. The molecule has 0 aromatic carbocycles.